The van der Waals surface area contributed by atoms with E-state index in [1.165, 1.54) is 18.4 Å². The standard InChI is InChI=1S/C14H23ClN2O/c1-3-4-11-7-13(18)17(9-11)10-12-5-6-14(2,15)16-8-12/h5,11,16H,3-4,6-10H2,1-2H3. The maximum absolute atomic E-state index is 11.9. The minimum absolute atomic E-state index is 0.313. The van der Waals surface area contributed by atoms with Gasteiger partial charge in [-0.3, -0.25) is 10.1 Å². The monoisotopic (exact) mass is 270 g/mol. The lowest BCUT2D eigenvalue weighted by molar-refractivity contribution is -0.127. The molecule has 1 saturated heterocycles. The molecule has 0 radical (unpaired) electrons. The zero-order valence-corrected chi connectivity index (χ0v) is 12.1. The molecule has 2 rings (SSSR count). The third-order valence-corrected chi connectivity index (χ3v) is 4.13. The van der Waals surface area contributed by atoms with Gasteiger partial charge in [0, 0.05) is 26.1 Å². The highest BCUT2D eigenvalue weighted by atomic mass is 35.5. The van der Waals surface area contributed by atoms with E-state index in [1.54, 1.807) is 0 Å². The van der Waals surface area contributed by atoms with Crippen molar-refractivity contribution >= 4 is 17.5 Å². The summed E-state index contributed by atoms with van der Waals surface area (Å²) in [5, 5.41) is 3.29. The molecule has 3 nitrogen and oxygen atoms in total. The highest BCUT2D eigenvalue weighted by molar-refractivity contribution is 6.23. The van der Waals surface area contributed by atoms with Crippen molar-refractivity contribution in [1.82, 2.24) is 10.2 Å². The Balaban J connectivity index is 1.87. The minimum atomic E-state index is -0.316. The molecule has 0 aromatic rings. The Labute approximate surface area is 115 Å². The number of amides is 1. The van der Waals surface area contributed by atoms with Gasteiger partial charge in [0.25, 0.3) is 0 Å². The maximum Gasteiger partial charge on any atom is 0.223 e. The van der Waals surface area contributed by atoms with Crippen molar-refractivity contribution in [2.75, 3.05) is 19.6 Å². The van der Waals surface area contributed by atoms with E-state index in [-0.39, 0.29) is 5.00 Å². The number of hydrogen-bond donors (Lipinski definition) is 1. The van der Waals surface area contributed by atoms with Crippen molar-refractivity contribution in [2.24, 2.45) is 5.92 Å². The van der Waals surface area contributed by atoms with Gasteiger partial charge in [0.05, 0.1) is 5.00 Å². The summed E-state index contributed by atoms with van der Waals surface area (Å²) in [5.74, 6) is 0.881. The molecule has 1 amide bonds. The molecular weight excluding hydrogens is 248 g/mol. The van der Waals surface area contributed by atoms with Crippen LogP contribution in [0.1, 0.15) is 39.5 Å². The molecule has 0 aromatic carbocycles. The molecule has 4 heteroatoms. The Morgan fingerprint density at radius 2 is 2.39 bits per heavy atom. The molecule has 18 heavy (non-hydrogen) atoms. The van der Waals surface area contributed by atoms with E-state index in [2.05, 4.69) is 18.3 Å². The molecule has 2 heterocycles. The number of rotatable bonds is 4. The van der Waals surface area contributed by atoms with Crippen LogP contribution in [0.25, 0.3) is 0 Å². The van der Waals surface area contributed by atoms with Crippen molar-refractivity contribution in [3.8, 4) is 0 Å². The third kappa shape index (κ3) is 3.48. The highest BCUT2D eigenvalue weighted by Crippen LogP contribution is 2.25. The molecular formula is C14H23ClN2O. The SMILES string of the molecule is CCCC1CC(=O)N(CC2=CCC(C)(Cl)NC2)C1. The first kappa shape index (κ1) is 13.9. The van der Waals surface area contributed by atoms with Crippen molar-refractivity contribution in [1.29, 1.82) is 0 Å². The summed E-state index contributed by atoms with van der Waals surface area (Å²) < 4.78 is 0. The second-order valence-electron chi connectivity index (χ2n) is 5.75. The maximum atomic E-state index is 11.9. The first-order valence-electron chi connectivity index (χ1n) is 6.90. The Bertz CT molecular complexity index is 352. The first-order valence-corrected chi connectivity index (χ1v) is 7.27. The second kappa shape index (κ2) is 5.62. The lowest BCUT2D eigenvalue weighted by Crippen LogP contribution is -2.42. The summed E-state index contributed by atoms with van der Waals surface area (Å²) >= 11 is 6.21. The van der Waals surface area contributed by atoms with Gasteiger partial charge < -0.3 is 4.90 Å². The fraction of sp³-hybridized carbons (Fsp3) is 0.786. The molecule has 0 saturated carbocycles. The molecule has 2 unspecified atom stereocenters. The van der Waals surface area contributed by atoms with Crippen molar-refractivity contribution in [3.63, 3.8) is 0 Å². The Morgan fingerprint density at radius 3 is 3.00 bits per heavy atom. The second-order valence-corrected chi connectivity index (χ2v) is 6.58. The van der Waals surface area contributed by atoms with Gasteiger partial charge in [-0.15, -0.1) is 11.6 Å². The van der Waals surface area contributed by atoms with Gasteiger partial charge >= 0.3 is 0 Å². The molecule has 0 bridgehead atoms. The van der Waals surface area contributed by atoms with E-state index < -0.39 is 0 Å². The summed E-state index contributed by atoms with van der Waals surface area (Å²) in [6.07, 6.45) is 6.08. The van der Waals surface area contributed by atoms with Crippen LogP contribution in [0.3, 0.4) is 0 Å². The van der Waals surface area contributed by atoms with Crippen molar-refractivity contribution in [3.05, 3.63) is 11.6 Å². The van der Waals surface area contributed by atoms with Gasteiger partial charge in [-0.2, -0.15) is 0 Å². The number of hydrogen-bond acceptors (Lipinski definition) is 2. The summed E-state index contributed by atoms with van der Waals surface area (Å²) in [7, 11) is 0. The minimum Gasteiger partial charge on any atom is -0.338 e. The molecule has 102 valence electrons. The fourth-order valence-corrected chi connectivity index (χ4v) is 2.90. The zero-order chi connectivity index (χ0) is 13.2. The predicted molar refractivity (Wildman–Crippen MR) is 74.6 cm³/mol. The number of carbonyl (C=O) groups is 1. The van der Waals surface area contributed by atoms with Crippen LogP contribution in [-0.2, 0) is 4.79 Å². The van der Waals surface area contributed by atoms with Crippen LogP contribution >= 0.6 is 11.6 Å². The molecule has 2 aliphatic heterocycles. The van der Waals surface area contributed by atoms with E-state index in [9.17, 15) is 4.79 Å². The quantitative estimate of drug-likeness (QED) is 0.484. The number of alkyl halides is 1. The molecule has 0 aliphatic carbocycles. The number of halogens is 1. The number of carbonyl (C=O) groups excluding carboxylic acids is 1. The van der Waals surface area contributed by atoms with E-state index in [1.807, 2.05) is 11.8 Å². The lowest BCUT2D eigenvalue weighted by atomic mass is 10.0. The predicted octanol–water partition coefficient (Wildman–Crippen LogP) is 2.51. The lowest BCUT2D eigenvalue weighted by Gasteiger charge is -2.30. The van der Waals surface area contributed by atoms with Gasteiger partial charge in [0.15, 0.2) is 0 Å². The molecule has 2 atom stereocenters. The van der Waals surface area contributed by atoms with Crippen molar-refractivity contribution in [2.45, 2.75) is 44.5 Å². The van der Waals surface area contributed by atoms with Gasteiger partial charge in [0.1, 0.15) is 0 Å². The molecule has 2 aliphatic rings. The van der Waals surface area contributed by atoms with Crippen LogP contribution in [0, 0.1) is 5.92 Å². The number of likely N-dealkylation sites (tertiary alicyclic amines) is 1. The number of nitrogens with zero attached hydrogens (tertiary/aromatic N) is 1. The van der Waals surface area contributed by atoms with E-state index in [4.69, 9.17) is 11.6 Å². The van der Waals surface area contributed by atoms with Crippen LogP contribution in [0.4, 0.5) is 0 Å². The third-order valence-electron chi connectivity index (χ3n) is 3.84. The summed E-state index contributed by atoms with van der Waals surface area (Å²) in [6, 6.07) is 0. The number of nitrogens with one attached hydrogen (secondary N) is 1. The average Bonchev–Trinajstić information content (AvgIpc) is 2.63. The Hall–Kier alpha value is -0.540. The zero-order valence-electron chi connectivity index (χ0n) is 11.3. The van der Waals surface area contributed by atoms with Gasteiger partial charge in [0.2, 0.25) is 5.91 Å². The van der Waals surface area contributed by atoms with Crippen LogP contribution < -0.4 is 5.32 Å². The van der Waals surface area contributed by atoms with E-state index in [0.29, 0.717) is 11.8 Å². The summed E-state index contributed by atoms with van der Waals surface area (Å²) in [4.78, 5) is 13.6. The van der Waals surface area contributed by atoms with Crippen LogP contribution in [0.15, 0.2) is 11.6 Å². The van der Waals surface area contributed by atoms with Gasteiger partial charge in [-0.25, -0.2) is 0 Å². The fourth-order valence-electron chi connectivity index (χ4n) is 2.75. The molecule has 1 fully saturated rings. The normalized spacial score (nSPS) is 32.8. The van der Waals surface area contributed by atoms with Crippen LogP contribution in [-0.4, -0.2) is 35.4 Å². The van der Waals surface area contributed by atoms with Gasteiger partial charge in [-0.05, 0) is 31.3 Å². The first-order chi connectivity index (χ1) is 8.50. The molecule has 1 N–H and O–H groups in total. The summed E-state index contributed by atoms with van der Waals surface area (Å²) in [5.41, 5.74) is 1.29. The van der Waals surface area contributed by atoms with Crippen LogP contribution in [0.2, 0.25) is 0 Å². The van der Waals surface area contributed by atoms with Crippen LogP contribution in [0.5, 0.6) is 0 Å². The topological polar surface area (TPSA) is 32.3 Å². The average molecular weight is 271 g/mol. The smallest absolute Gasteiger partial charge is 0.223 e. The summed E-state index contributed by atoms with van der Waals surface area (Å²) in [6.45, 7) is 6.67. The van der Waals surface area contributed by atoms with E-state index >= 15 is 0 Å². The Morgan fingerprint density at radius 1 is 1.61 bits per heavy atom. The van der Waals surface area contributed by atoms with E-state index in [0.717, 1.165) is 32.5 Å². The highest BCUT2D eigenvalue weighted by Gasteiger charge is 2.30. The largest absolute Gasteiger partial charge is 0.338 e. The Kier molecular flexibility index (Phi) is 4.33. The molecule has 0 spiro atoms. The van der Waals surface area contributed by atoms with Gasteiger partial charge in [-0.1, -0.05) is 19.4 Å². The molecule has 0 aromatic heterocycles. The van der Waals surface area contributed by atoms with Crippen molar-refractivity contribution < 1.29 is 4.79 Å².